The first kappa shape index (κ1) is 68.4. The summed E-state index contributed by atoms with van der Waals surface area (Å²) in [6.45, 7) is 4.55. The Kier molecular flexibility index (Phi) is 26.8. The zero-order chi connectivity index (χ0) is 55.8. The molecule has 1 aliphatic carbocycles. The van der Waals surface area contributed by atoms with E-state index < -0.39 is 0 Å². The zero-order valence-electron chi connectivity index (χ0n) is 46.9. The van der Waals surface area contributed by atoms with E-state index in [-0.39, 0.29) is 107 Å². The van der Waals surface area contributed by atoms with Crippen LogP contribution in [0.25, 0.3) is 73.2 Å². The number of aromatic nitrogens is 10. The molecule has 444 valence electrons. The van der Waals surface area contributed by atoms with E-state index in [0.717, 1.165) is 45.4 Å². The third-order valence-corrected chi connectivity index (χ3v) is 13.6. The fraction of sp³-hybridized carbons (Fsp3) is 0.0417. The van der Waals surface area contributed by atoms with Gasteiger partial charge < -0.3 is 4.57 Å². The van der Waals surface area contributed by atoms with Crippen LogP contribution in [0.4, 0.5) is 0 Å². The average molecular weight is 2020 g/mol. The van der Waals surface area contributed by atoms with Crippen molar-refractivity contribution in [2.24, 2.45) is 0 Å². The van der Waals surface area contributed by atoms with Gasteiger partial charge in [0.15, 0.2) is 0 Å². The minimum Gasteiger partial charge on any atom is -0.340 e. The van der Waals surface area contributed by atoms with E-state index in [4.69, 9.17) is 0 Å². The van der Waals surface area contributed by atoms with Crippen LogP contribution in [-0.2, 0) is 107 Å². The molecule has 0 fully saturated rings. The number of nitrogens with zero attached hydrogens (tertiary/aromatic N) is 10. The summed E-state index contributed by atoms with van der Waals surface area (Å²) < 4.78 is 9.34. The predicted molar refractivity (Wildman–Crippen MR) is 326 cm³/mol. The van der Waals surface area contributed by atoms with Gasteiger partial charge in [-0.15, -0.1) is 89.0 Å². The minimum atomic E-state index is 0. The monoisotopic (exact) mass is 2030 g/mol. The second-order valence-corrected chi connectivity index (χ2v) is 19.3. The summed E-state index contributed by atoms with van der Waals surface area (Å²) >= 11 is 0. The van der Waals surface area contributed by atoms with Crippen molar-refractivity contribution in [3.05, 3.63) is 340 Å². The molecule has 1 aliphatic rings. The summed E-state index contributed by atoms with van der Waals surface area (Å²) in [5.74, 6) is 0.914. The molecule has 0 unspecified atom stereocenters. The van der Waals surface area contributed by atoms with Crippen LogP contribution in [-0.4, -0.2) is 48.7 Å². The maximum atomic E-state index is 4.39. The SMILES string of the molecule is CC1(C)c2ccc(-n3cccn3)[c-]c2-c2ccccc21.[Ir].[Ir].[Ir].[Ir].[Pt].[c-]1ccc(-c2ccccc2)cc1-n1cccn1.[c-]1ccccc1-c1nccn1-c1ccccc1.[c-]1ccccc1-n1cc(-c2ccccc2)cn1.[c-]1ccccc1-n1cccn1. The number of hydrogen-bond donors (Lipinski definition) is 0. The molecule has 15 heteroatoms. The van der Waals surface area contributed by atoms with E-state index in [1.807, 2.05) is 209 Å². The predicted octanol–water partition coefficient (Wildman–Crippen LogP) is 15.7. The standard InChI is InChI=1S/C18H15N2.3C15H11N2.C9H7N2.4Ir.Pt/c1-18(2)16-7-4-3-6-14(16)15-12-13(8-9-17(15)18)20-11-5-10-19-20;1-3-7-13(8-4-1)14-11-16-17(12-14)15-9-5-2-6-10-15;1-3-7-13(8-4-1)15-16-11-12-17(15)14-9-5-2-6-10-14;1-2-6-13(7-3-1)14-8-4-9-15(12-14)17-11-5-10-16-17;1-2-5-9(6-3-1)11-8-4-7-10-11;;;;;/h3-11H,1-2H3;1-9,11-12H;1-7,9-12H;1-8,10-12H;1-5,7-8H;;;;;/q5*-1;;;;;. The molecule has 15 rings (SSSR count). The Bertz CT molecular complexity index is 4060. The van der Waals surface area contributed by atoms with E-state index in [0.29, 0.717) is 0 Å². The zero-order valence-corrected chi connectivity index (χ0v) is 58.8. The third kappa shape index (κ3) is 17.3. The average Bonchev–Trinajstić information content (AvgIpc) is 1.71. The van der Waals surface area contributed by atoms with Crippen molar-refractivity contribution >= 4 is 0 Å². The van der Waals surface area contributed by atoms with Crippen LogP contribution in [0.5, 0.6) is 0 Å². The summed E-state index contributed by atoms with van der Waals surface area (Å²) in [4.78, 5) is 4.39. The molecule has 9 aromatic carbocycles. The second kappa shape index (κ2) is 34.0. The summed E-state index contributed by atoms with van der Waals surface area (Å²) in [6, 6.07) is 95.0. The Morgan fingerprint density at radius 3 is 1.47 bits per heavy atom. The molecule has 0 saturated carbocycles. The van der Waals surface area contributed by atoms with Crippen LogP contribution in [0.3, 0.4) is 0 Å². The Morgan fingerprint density at radius 2 is 0.897 bits per heavy atom. The van der Waals surface area contributed by atoms with Crippen molar-refractivity contribution in [3.63, 3.8) is 0 Å². The van der Waals surface area contributed by atoms with E-state index in [2.05, 4.69) is 159 Å². The van der Waals surface area contributed by atoms with Crippen molar-refractivity contribution in [2.45, 2.75) is 19.3 Å². The van der Waals surface area contributed by atoms with E-state index in [1.54, 1.807) is 23.3 Å². The molecule has 87 heavy (non-hydrogen) atoms. The van der Waals surface area contributed by atoms with Gasteiger partial charge in [0.2, 0.25) is 0 Å². The van der Waals surface area contributed by atoms with Gasteiger partial charge in [0.25, 0.3) is 0 Å². The Labute approximate surface area is 577 Å². The molecule has 4 radical (unpaired) electrons. The van der Waals surface area contributed by atoms with Gasteiger partial charge in [-0.05, 0) is 69.6 Å². The van der Waals surface area contributed by atoms with Crippen LogP contribution < -0.4 is 0 Å². The van der Waals surface area contributed by atoms with Crippen LogP contribution in [0.1, 0.15) is 25.0 Å². The molecule has 0 spiro atoms. The molecule has 5 heterocycles. The molecule has 10 nitrogen and oxygen atoms in total. The molecule has 0 aliphatic heterocycles. The fourth-order valence-electron chi connectivity index (χ4n) is 9.49. The quantitative estimate of drug-likeness (QED) is 0.141. The minimum absolute atomic E-state index is 0. The number of rotatable bonds is 8. The molecule has 0 N–H and O–H groups in total. The number of imidazole rings is 1. The number of para-hydroxylation sites is 3. The number of fused-ring (bicyclic) bond motifs is 3. The molecular weight excluding hydrogens is 1970 g/mol. The molecule has 0 bridgehead atoms. The van der Waals surface area contributed by atoms with Gasteiger partial charge >= 0.3 is 0 Å². The van der Waals surface area contributed by atoms with Crippen LogP contribution in [0, 0.1) is 30.3 Å². The van der Waals surface area contributed by atoms with Crippen LogP contribution >= 0.6 is 0 Å². The summed E-state index contributed by atoms with van der Waals surface area (Å²) in [5.41, 5.74) is 15.9. The molecule has 0 saturated heterocycles. The normalized spacial score (nSPS) is 10.7. The topological polar surface area (TPSA) is 89.1 Å². The third-order valence-electron chi connectivity index (χ3n) is 13.6. The maximum Gasteiger partial charge on any atom is 0.0602 e. The first-order chi connectivity index (χ1) is 40.5. The molecule has 14 aromatic rings. The second-order valence-electron chi connectivity index (χ2n) is 19.3. The van der Waals surface area contributed by atoms with Crippen molar-refractivity contribution in [2.75, 3.05) is 0 Å². The largest absolute Gasteiger partial charge is 0.340 e. The van der Waals surface area contributed by atoms with Gasteiger partial charge in [0.1, 0.15) is 0 Å². The Balaban J connectivity index is 0.000000173. The number of benzene rings is 9. The molecular formula is C72H55Ir4N10Pt-5. The van der Waals surface area contributed by atoms with Gasteiger partial charge in [0.05, 0.1) is 12.0 Å². The van der Waals surface area contributed by atoms with Crippen molar-refractivity contribution in [1.29, 1.82) is 0 Å². The first-order valence-corrected chi connectivity index (χ1v) is 26.8. The number of hydrogen-bond acceptors (Lipinski definition) is 5. The van der Waals surface area contributed by atoms with Gasteiger partial charge in [-0.25, -0.2) is 0 Å². The van der Waals surface area contributed by atoms with E-state index in [1.165, 1.54) is 38.9 Å². The first-order valence-electron chi connectivity index (χ1n) is 26.8. The van der Waals surface area contributed by atoms with E-state index in [9.17, 15) is 0 Å². The van der Waals surface area contributed by atoms with Crippen molar-refractivity contribution in [3.8, 4) is 73.2 Å². The van der Waals surface area contributed by atoms with Crippen LogP contribution in [0.15, 0.2) is 299 Å². The smallest absolute Gasteiger partial charge is 0.0602 e. The molecule has 0 amide bonds. The van der Waals surface area contributed by atoms with Gasteiger partial charge in [-0.3, -0.25) is 23.7 Å². The maximum absolute atomic E-state index is 4.39. The Hall–Kier alpha value is -7.68. The van der Waals surface area contributed by atoms with Gasteiger partial charge in [-0.1, -0.05) is 128 Å². The Morgan fingerprint density at radius 1 is 0.379 bits per heavy atom. The van der Waals surface area contributed by atoms with Crippen LogP contribution in [0.2, 0.25) is 0 Å². The summed E-state index contributed by atoms with van der Waals surface area (Å²) in [7, 11) is 0. The summed E-state index contributed by atoms with van der Waals surface area (Å²) in [6.07, 6.45) is 18.7. The van der Waals surface area contributed by atoms with Gasteiger partial charge in [0, 0.05) is 169 Å². The molecule has 5 aromatic heterocycles. The van der Waals surface area contributed by atoms with Crippen molar-refractivity contribution in [1.82, 2.24) is 48.7 Å². The summed E-state index contributed by atoms with van der Waals surface area (Å²) in [5, 5.41) is 16.9. The fourth-order valence-corrected chi connectivity index (χ4v) is 9.49. The molecule has 0 atom stereocenters. The van der Waals surface area contributed by atoms with Crippen molar-refractivity contribution < 1.29 is 101 Å². The van der Waals surface area contributed by atoms with E-state index >= 15 is 0 Å². The van der Waals surface area contributed by atoms with Gasteiger partial charge in [-0.2, -0.15) is 87.1 Å².